The summed E-state index contributed by atoms with van der Waals surface area (Å²) in [5.41, 5.74) is 3.89. The maximum atomic E-state index is 13.7. The third-order valence-corrected chi connectivity index (χ3v) is 6.60. The second-order valence-corrected chi connectivity index (χ2v) is 9.40. The third kappa shape index (κ3) is 8.12. The molecule has 39 heavy (non-hydrogen) atoms. The van der Waals surface area contributed by atoms with Crippen molar-refractivity contribution in [2.24, 2.45) is 0 Å². The summed E-state index contributed by atoms with van der Waals surface area (Å²) in [5, 5.41) is 1.12. The fraction of sp³-hybridized carbons (Fsp3) is 0.250. The molecule has 4 aromatic rings. The number of carbonyl (C=O) groups excluding carboxylic acids is 2. The number of aromatic nitrogens is 1. The van der Waals surface area contributed by atoms with Crippen LogP contribution in [0.4, 0.5) is 4.39 Å². The Morgan fingerprint density at radius 1 is 0.923 bits per heavy atom. The van der Waals surface area contributed by atoms with E-state index in [1.165, 1.54) is 18.2 Å². The molecule has 6 nitrogen and oxygen atoms in total. The van der Waals surface area contributed by atoms with Crippen molar-refractivity contribution < 1.29 is 18.7 Å². The van der Waals surface area contributed by atoms with Gasteiger partial charge in [0.25, 0.3) is 0 Å². The minimum atomic E-state index is -0.324. The first kappa shape index (κ1) is 27.8. The van der Waals surface area contributed by atoms with Crippen LogP contribution in [0.1, 0.15) is 23.1 Å². The molecule has 0 saturated heterocycles. The molecule has 7 heteroatoms. The van der Waals surface area contributed by atoms with Gasteiger partial charge in [-0.3, -0.25) is 9.59 Å². The van der Waals surface area contributed by atoms with Gasteiger partial charge in [0.2, 0.25) is 11.8 Å². The number of fused-ring (bicyclic) bond motifs is 1. The van der Waals surface area contributed by atoms with Crippen LogP contribution in [0.2, 0.25) is 0 Å². The van der Waals surface area contributed by atoms with Crippen molar-refractivity contribution in [3.8, 4) is 0 Å². The van der Waals surface area contributed by atoms with Gasteiger partial charge in [0.1, 0.15) is 12.4 Å². The molecule has 0 bridgehead atoms. The van der Waals surface area contributed by atoms with Crippen LogP contribution >= 0.6 is 0 Å². The van der Waals surface area contributed by atoms with E-state index in [-0.39, 0.29) is 24.2 Å². The van der Waals surface area contributed by atoms with Crippen molar-refractivity contribution in [3.63, 3.8) is 0 Å². The lowest BCUT2D eigenvalue weighted by Crippen LogP contribution is -2.43. The first-order valence-corrected chi connectivity index (χ1v) is 13.1. The van der Waals surface area contributed by atoms with Crippen LogP contribution in [-0.4, -0.2) is 59.9 Å². The molecule has 0 spiro atoms. The summed E-state index contributed by atoms with van der Waals surface area (Å²) >= 11 is 0. The molecule has 0 unspecified atom stereocenters. The molecule has 0 aliphatic carbocycles. The number of benzene rings is 3. The largest absolute Gasteiger partial charge is 0.385 e. The van der Waals surface area contributed by atoms with Crippen LogP contribution in [0, 0.1) is 5.82 Å². The molecule has 0 atom stereocenters. The molecule has 1 heterocycles. The van der Waals surface area contributed by atoms with Gasteiger partial charge < -0.3 is 19.5 Å². The van der Waals surface area contributed by atoms with E-state index in [9.17, 15) is 14.0 Å². The molecule has 0 aliphatic rings. The Kier molecular flexibility index (Phi) is 10.0. The van der Waals surface area contributed by atoms with E-state index in [2.05, 4.69) is 11.1 Å². The van der Waals surface area contributed by atoms with Gasteiger partial charge in [-0.05, 0) is 53.8 Å². The standard InChI is InChI=1S/C32H34FN3O3/c1-39-21-7-19-35(31(37)17-14-25-8-3-2-4-9-25)24-32(38)36(23-26-12-15-28(33)16-13-26)20-18-27-22-34-30-11-6-5-10-29(27)30/h2-6,8-17,22,34H,7,18-21,23-24H2,1H3. The lowest BCUT2D eigenvalue weighted by Gasteiger charge is -2.27. The summed E-state index contributed by atoms with van der Waals surface area (Å²) in [6.45, 7) is 1.60. The Bertz CT molecular complexity index is 1380. The van der Waals surface area contributed by atoms with Crippen LogP contribution in [0.5, 0.6) is 0 Å². The number of halogens is 1. The van der Waals surface area contributed by atoms with Crippen molar-refractivity contribution in [1.82, 2.24) is 14.8 Å². The van der Waals surface area contributed by atoms with E-state index in [0.29, 0.717) is 39.1 Å². The van der Waals surface area contributed by atoms with Gasteiger partial charge in [0, 0.05) is 56.5 Å². The number of amides is 2. The number of ether oxygens (including phenoxy) is 1. The van der Waals surface area contributed by atoms with Crippen molar-refractivity contribution in [2.45, 2.75) is 19.4 Å². The number of carbonyl (C=O) groups is 2. The first-order valence-electron chi connectivity index (χ1n) is 13.1. The van der Waals surface area contributed by atoms with Crippen molar-refractivity contribution in [3.05, 3.63) is 114 Å². The number of H-pyrrole nitrogens is 1. The minimum absolute atomic E-state index is 0.0588. The zero-order chi connectivity index (χ0) is 27.5. The summed E-state index contributed by atoms with van der Waals surface area (Å²) in [4.78, 5) is 33.4. The summed E-state index contributed by atoms with van der Waals surface area (Å²) in [7, 11) is 1.61. The number of hydrogen-bond donors (Lipinski definition) is 1. The molecule has 1 N–H and O–H groups in total. The normalized spacial score (nSPS) is 11.2. The van der Waals surface area contributed by atoms with Crippen molar-refractivity contribution in [1.29, 1.82) is 0 Å². The minimum Gasteiger partial charge on any atom is -0.385 e. The fourth-order valence-electron chi connectivity index (χ4n) is 4.46. The average Bonchev–Trinajstić information content (AvgIpc) is 3.38. The molecule has 0 saturated carbocycles. The van der Waals surface area contributed by atoms with Gasteiger partial charge in [0.05, 0.1) is 0 Å². The van der Waals surface area contributed by atoms with Gasteiger partial charge in [-0.1, -0.05) is 60.7 Å². The molecule has 4 rings (SSSR count). The van der Waals surface area contributed by atoms with Crippen LogP contribution in [0.25, 0.3) is 17.0 Å². The van der Waals surface area contributed by atoms with Gasteiger partial charge >= 0.3 is 0 Å². The maximum Gasteiger partial charge on any atom is 0.247 e. The van der Waals surface area contributed by atoms with E-state index < -0.39 is 0 Å². The lowest BCUT2D eigenvalue weighted by atomic mass is 10.1. The van der Waals surface area contributed by atoms with E-state index in [4.69, 9.17) is 4.74 Å². The van der Waals surface area contributed by atoms with Gasteiger partial charge in [-0.25, -0.2) is 4.39 Å². The Morgan fingerprint density at radius 3 is 2.44 bits per heavy atom. The third-order valence-electron chi connectivity index (χ3n) is 6.60. The summed E-state index contributed by atoms with van der Waals surface area (Å²) in [5.74, 6) is -0.727. The quantitative estimate of drug-likeness (QED) is 0.186. The molecule has 202 valence electrons. The fourth-order valence-corrected chi connectivity index (χ4v) is 4.46. The second kappa shape index (κ2) is 14.1. The first-order chi connectivity index (χ1) is 19.0. The molecular formula is C32H34FN3O3. The number of nitrogens with one attached hydrogen (secondary N) is 1. The number of rotatable bonds is 13. The summed E-state index contributed by atoms with van der Waals surface area (Å²) in [6.07, 6.45) is 6.49. The Morgan fingerprint density at radius 2 is 1.67 bits per heavy atom. The highest BCUT2D eigenvalue weighted by Crippen LogP contribution is 2.19. The second-order valence-electron chi connectivity index (χ2n) is 9.40. The van der Waals surface area contributed by atoms with Crippen molar-refractivity contribution >= 4 is 28.8 Å². The van der Waals surface area contributed by atoms with E-state index in [0.717, 1.165) is 27.6 Å². The number of aromatic amines is 1. The van der Waals surface area contributed by atoms with Gasteiger partial charge in [0.15, 0.2) is 0 Å². The molecule has 1 aromatic heterocycles. The highest BCUT2D eigenvalue weighted by atomic mass is 19.1. The van der Waals surface area contributed by atoms with Crippen LogP contribution in [0.3, 0.4) is 0 Å². The maximum absolute atomic E-state index is 13.7. The van der Waals surface area contributed by atoms with Crippen LogP contribution in [-0.2, 0) is 27.3 Å². The van der Waals surface area contributed by atoms with E-state index in [1.54, 1.807) is 35.1 Å². The SMILES string of the molecule is COCCCN(CC(=O)N(CCc1c[nH]c2ccccc12)Cc1ccc(F)cc1)C(=O)C=Cc1ccccc1. The van der Waals surface area contributed by atoms with Crippen LogP contribution in [0.15, 0.2) is 91.1 Å². The monoisotopic (exact) mass is 527 g/mol. The molecule has 3 aromatic carbocycles. The highest BCUT2D eigenvalue weighted by Gasteiger charge is 2.21. The zero-order valence-electron chi connectivity index (χ0n) is 22.2. The Hall–Kier alpha value is -4.23. The lowest BCUT2D eigenvalue weighted by molar-refractivity contribution is -0.138. The average molecular weight is 528 g/mol. The smallest absolute Gasteiger partial charge is 0.247 e. The van der Waals surface area contributed by atoms with E-state index >= 15 is 0 Å². The molecule has 0 radical (unpaired) electrons. The number of hydrogen-bond acceptors (Lipinski definition) is 3. The summed E-state index contributed by atoms with van der Waals surface area (Å²) < 4.78 is 18.7. The molecular weight excluding hydrogens is 493 g/mol. The summed E-state index contributed by atoms with van der Waals surface area (Å²) in [6, 6.07) is 23.8. The molecule has 0 aliphatic heterocycles. The molecule has 0 fully saturated rings. The topological polar surface area (TPSA) is 65.6 Å². The zero-order valence-corrected chi connectivity index (χ0v) is 22.2. The van der Waals surface area contributed by atoms with Crippen LogP contribution < -0.4 is 0 Å². The van der Waals surface area contributed by atoms with Gasteiger partial charge in [-0.15, -0.1) is 0 Å². The Labute approximate surface area is 228 Å². The number of para-hydroxylation sites is 1. The highest BCUT2D eigenvalue weighted by molar-refractivity contribution is 5.94. The number of nitrogens with zero attached hydrogens (tertiary/aromatic N) is 2. The van der Waals surface area contributed by atoms with Crippen molar-refractivity contribution in [2.75, 3.05) is 33.4 Å². The predicted molar refractivity (Wildman–Crippen MR) is 152 cm³/mol. The van der Waals surface area contributed by atoms with Gasteiger partial charge in [-0.2, -0.15) is 0 Å². The predicted octanol–water partition coefficient (Wildman–Crippen LogP) is 5.46. The number of methoxy groups -OCH3 is 1. The van der Waals surface area contributed by atoms with E-state index in [1.807, 2.05) is 54.7 Å². The molecule has 2 amide bonds. The Balaban J connectivity index is 1.50.